The lowest BCUT2D eigenvalue weighted by Gasteiger charge is -2.12. The Labute approximate surface area is 114 Å². The number of aromatic nitrogens is 1. The lowest BCUT2D eigenvalue weighted by atomic mass is 10.2. The summed E-state index contributed by atoms with van der Waals surface area (Å²) in [5.41, 5.74) is 6.62. The minimum Gasteiger partial charge on any atom is -0.388 e. The average Bonchev–Trinajstić information content (AvgIpc) is 2.34. The first-order valence-electron chi connectivity index (χ1n) is 5.05. The van der Waals surface area contributed by atoms with Gasteiger partial charge >= 0.3 is 0 Å². The normalized spacial score (nSPS) is 10.1. The number of benzene rings is 1. The molecule has 0 aliphatic rings. The van der Waals surface area contributed by atoms with E-state index in [4.69, 9.17) is 29.6 Å². The number of para-hydroxylation sites is 1. The van der Waals surface area contributed by atoms with Crippen LogP contribution in [0.15, 0.2) is 36.5 Å². The average molecular weight is 282 g/mol. The molecule has 6 heteroatoms. The Morgan fingerprint density at radius 3 is 2.78 bits per heavy atom. The van der Waals surface area contributed by atoms with Gasteiger partial charge in [0, 0.05) is 6.20 Å². The van der Waals surface area contributed by atoms with Crippen molar-refractivity contribution < 1.29 is 4.39 Å². The molecule has 3 N–H and O–H groups in total. The Morgan fingerprint density at radius 2 is 2.11 bits per heavy atom. The maximum Gasteiger partial charge on any atom is 0.148 e. The second-order valence-corrected chi connectivity index (χ2v) is 4.33. The van der Waals surface area contributed by atoms with E-state index in [1.807, 2.05) is 0 Å². The summed E-state index contributed by atoms with van der Waals surface area (Å²) in [6.07, 6.45) is 1.56. The van der Waals surface area contributed by atoms with Crippen molar-refractivity contribution in [2.75, 3.05) is 5.32 Å². The molecule has 0 radical (unpaired) electrons. The van der Waals surface area contributed by atoms with Crippen LogP contribution in [0.2, 0.25) is 5.02 Å². The molecule has 2 rings (SSSR count). The number of anilines is 2. The zero-order valence-electron chi connectivity index (χ0n) is 9.15. The Bertz CT molecular complexity index is 583. The lowest BCUT2D eigenvalue weighted by molar-refractivity contribution is 0.632. The molecule has 0 bridgehead atoms. The highest BCUT2D eigenvalue weighted by Gasteiger charge is 2.11. The molecular formula is C12H9ClFN3S. The number of pyridine rings is 1. The van der Waals surface area contributed by atoms with E-state index in [2.05, 4.69) is 10.3 Å². The van der Waals surface area contributed by atoms with Crippen molar-refractivity contribution in [2.45, 2.75) is 0 Å². The topological polar surface area (TPSA) is 50.9 Å². The number of nitrogens with one attached hydrogen (secondary N) is 1. The van der Waals surface area contributed by atoms with Crippen molar-refractivity contribution >= 4 is 40.2 Å². The number of nitrogens with zero attached hydrogens (tertiary/aromatic N) is 1. The number of hydrogen-bond acceptors (Lipinski definition) is 3. The molecule has 1 heterocycles. The molecule has 0 spiro atoms. The predicted octanol–water partition coefficient (Wildman–Crippen LogP) is 3.25. The molecule has 0 aliphatic heterocycles. The third kappa shape index (κ3) is 2.57. The maximum absolute atomic E-state index is 13.6. The molecule has 1 aromatic heterocycles. The second-order valence-electron chi connectivity index (χ2n) is 3.49. The second kappa shape index (κ2) is 5.29. The van der Waals surface area contributed by atoms with E-state index in [0.29, 0.717) is 11.4 Å². The third-order valence-corrected chi connectivity index (χ3v) is 2.77. The van der Waals surface area contributed by atoms with Crippen molar-refractivity contribution in [1.82, 2.24) is 4.98 Å². The largest absolute Gasteiger partial charge is 0.388 e. The van der Waals surface area contributed by atoms with E-state index in [0.717, 1.165) is 0 Å². The van der Waals surface area contributed by atoms with Gasteiger partial charge in [-0.2, -0.15) is 0 Å². The van der Waals surface area contributed by atoms with Crippen LogP contribution in [0, 0.1) is 5.82 Å². The molecule has 1 aromatic carbocycles. The number of nitrogens with two attached hydrogens (primary N) is 1. The van der Waals surface area contributed by atoms with Crippen molar-refractivity contribution in [3.8, 4) is 0 Å². The first-order valence-corrected chi connectivity index (χ1v) is 5.84. The van der Waals surface area contributed by atoms with Crippen LogP contribution >= 0.6 is 23.8 Å². The fourth-order valence-corrected chi connectivity index (χ4v) is 1.83. The molecule has 18 heavy (non-hydrogen) atoms. The highest BCUT2D eigenvalue weighted by atomic mass is 35.5. The Hall–Kier alpha value is -1.72. The van der Waals surface area contributed by atoms with E-state index < -0.39 is 5.82 Å². The monoisotopic (exact) mass is 281 g/mol. The quantitative estimate of drug-likeness (QED) is 0.848. The van der Waals surface area contributed by atoms with Gasteiger partial charge in [0.15, 0.2) is 0 Å². The van der Waals surface area contributed by atoms with Gasteiger partial charge < -0.3 is 11.1 Å². The van der Waals surface area contributed by atoms with Crippen molar-refractivity contribution in [1.29, 1.82) is 0 Å². The van der Waals surface area contributed by atoms with Crippen LogP contribution in [-0.4, -0.2) is 9.97 Å². The number of halogens is 2. The first-order chi connectivity index (χ1) is 8.59. The smallest absolute Gasteiger partial charge is 0.148 e. The standard InChI is InChI=1S/C12H9ClFN3S/c13-7-3-1-4-8(14)10(7)17-9-5-2-6-16-11(9)12(15)18/h1-6,17H,(H2,15,18). The van der Waals surface area contributed by atoms with Crippen LogP contribution < -0.4 is 11.1 Å². The fraction of sp³-hybridized carbons (Fsp3) is 0. The summed E-state index contributed by atoms with van der Waals surface area (Å²) < 4.78 is 13.6. The lowest BCUT2D eigenvalue weighted by Crippen LogP contribution is -2.14. The van der Waals surface area contributed by atoms with Crippen LogP contribution in [-0.2, 0) is 0 Å². The predicted molar refractivity (Wildman–Crippen MR) is 74.8 cm³/mol. The summed E-state index contributed by atoms with van der Waals surface area (Å²) >= 11 is 10.8. The van der Waals surface area contributed by atoms with Crippen molar-refractivity contribution in [3.63, 3.8) is 0 Å². The summed E-state index contributed by atoms with van der Waals surface area (Å²) in [5, 5.41) is 3.12. The molecule has 0 amide bonds. The Kier molecular flexibility index (Phi) is 3.74. The van der Waals surface area contributed by atoms with Crippen LogP contribution in [0.4, 0.5) is 15.8 Å². The van der Waals surface area contributed by atoms with Gasteiger partial charge in [-0.05, 0) is 24.3 Å². The van der Waals surface area contributed by atoms with Crippen LogP contribution in [0.3, 0.4) is 0 Å². The molecule has 0 atom stereocenters. The molecule has 0 saturated carbocycles. The van der Waals surface area contributed by atoms with E-state index in [1.165, 1.54) is 12.1 Å². The molecule has 2 aromatic rings. The SMILES string of the molecule is NC(=S)c1ncccc1Nc1c(F)cccc1Cl. The van der Waals surface area contributed by atoms with Gasteiger partial charge in [0.1, 0.15) is 16.5 Å². The Balaban J connectivity index is 2.43. The fourth-order valence-electron chi connectivity index (χ4n) is 1.45. The Morgan fingerprint density at radius 1 is 1.33 bits per heavy atom. The highest BCUT2D eigenvalue weighted by Crippen LogP contribution is 2.28. The van der Waals surface area contributed by atoms with Gasteiger partial charge in [0.2, 0.25) is 0 Å². The van der Waals surface area contributed by atoms with E-state index in [1.54, 1.807) is 24.4 Å². The molecule has 0 saturated heterocycles. The van der Waals surface area contributed by atoms with Crippen LogP contribution in [0.5, 0.6) is 0 Å². The first kappa shape index (κ1) is 12.7. The zero-order chi connectivity index (χ0) is 13.1. The molecule has 0 fully saturated rings. The van der Waals surface area contributed by atoms with Gasteiger partial charge in [0.05, 0.1) is 16.4 Å². The summed E-state index contributed by atoms with van der Waals surface area (Å²) in [7, 11) is 0. The summed E-state index contributed by atoms with van der Waals surface area (Å²) in [6, 6.07) is 7.82. The van der Waals surface area contributed by atoms with Crippen LogP contribution in [0.1, 0.15) is 5.69 Å². The van der Waals surface area contributed by atoms with E-state index in [9.17, 15) is 4.39 Å². The van der Waals surface area contributed by atoms with Gasteiger partial charge in [-0.3, -0.25) is 4.98 Å². The van der Waals surface area contributed by atoms with Crippen molar-refractivity contribution in [2.24, 2.45) is 5.73 Å². The molecule has 92 valence electrons. The summed E-state index contributed by atoms with van der Waals surface area (Å²) in [6.45, 7) is 0. The van der Waals surface area contributed by atoms with Gasteiger partial charge in [-0.1, -0.05) is 29.9 Å². The van der Waals surface area contributed by atoms with Gasteiger partial charge in [-0.15, -0.1) is 0 Å². The minimum absolute atomic E-state index is 0.130. The summed E-state index contributed by atoms with van der Waals surface area (Å²) in [4.78, 5) is 4.17. The highest BCUT2D eigenvalue weighted by molar-refractivity contribution is 7.80. The molecule has 0 aliphatic carbocycles. The molecule has 3 nitrogen and oxygen atoms in total. The molecular weight excluding hydrogens is 273 g/mol. The van der Waals surface area contributed by atoms with E-state index in [-0.39, 0.29) is 15.7 Å². The summed E-state index contributed by atoms with van der Waals surface area (Å²) in [5.74, 6) is -0.458. The third-order valence-electron chi connectivity index (χ3n) is 2.26. The minimum atomic E-state index is -0.458. The number of thiocarbonyl (C=S) groups is 1. The number of rotatable bonds is 3. The van der Waals surface area contributed by atoms with Crippen LogP contribution in [0.25, 0.3) is 0 Å². The zero-order valence-corrected chi connectivity index (χ0v) is 10.7. The van der Waals surface area contributed by atoms with E-state index >= 15 is 0 Å². The number of hydrogen-bond donors (Lipinski definition) is 2. The van der Waals surface area contributed by atoms with Gasteiger partial charge in [0.25, 0.3) is 0 Å². The molecule has 0 unspecified atom stereocenters. The maximum atomic E-state index is 13.6. The van der Waals surface area contributed by atoms with Crippen molar-refractivity contribution in [3.05, 3.63) is 53.1 Å². The van der Waals surface area contributed by atoms with Gasteiger partial charge in [-0.25, -0.2) is 4.39 Å².